The van der Waals surface area contributed by atoms with Gasteiger partial charge in [-0.3, -0.25) is 9.59 Å². The van der Waals surface area contributed by atoms with Gasteiger partial charge in [0.1, 0.15) is 11.6 Å². The zero-order valence-electron chi connectivity index (χ0n) is 12.8. The highest BCUT2D eigenvalue weighted by Crippen LogP contribution is 2.30. The number of likely N-dealkylation sites (tertiary alicyclic amines) is 1. The van der Waals surface area contributed by atoms with Crippen LogP contribution in [0.2, 0.25) is 0 Å². The number of rotatable bonds is 4. The maximum Gasteiger partial charge on any atom is 0.311 e. The molecular formula is C16H20FNO4. The molecular weight excluding hydrogens is 289 g/mol. The van der Waals surface area contributed by atoms with E-state index in [0.717, 1.165) is 0 Å². The molecule has 1 unspecified atom stereocenters. The van der Waals surface area contributed by atoms with Crippen LogP contribution in [0.1, 0.15) is 25.3 Å². The molecule has 0 radical (unpaired) electrons. The third-order valence-electron chi connectivity index (χ3n) is 4.15. The number of halogens is 1. The Bertz CT molecular complexity index is 590. The SMILES string of the molecule is COc1ccc(F)cc1CC(=O)N1CCCC(C)(C(=O)O)C1. The second kappa shape index (κ2) is 6.34. The number of carboxylic acids is 1. The molecule has 5 nitrogen and oxygen atoms in total. The molecule has 1 fully saturated rings. The van der Waals surface area contributed by atoms with E-state index in [1.165, 1.54) is 25.3 Å². The number of methoxy groups -OCH3 is 1. The van der Waals surface area contributed by atoms with Gasteiger partial charge in [0.2, 0.25) is 5.91 Å². The molecule has 1 atom stereocenters. The van der Waals surface area contributed by atoms with Crippen LogP contribution in [0.4, 0.5) is 4.39 Å². The Morgan fingerprint density at radius 3 is 2.82 bits per heavy atom. The Labute approximate surface area is 128 Å². The van der Waals surface area contributed by atoms with Gasteiger partial charge in [-0.1, -0.05) is 0 Å². The highest BCUT2D eigenvalue weighted by atomic mass is 19.1. The number of benzene rings is 1. The number of aliphatic carboxylic acids is 1. The van der Waals surface area contributed by atoms with Gasteiger partial charge in [0.15, 0.2) is 0 Å². The molecule has 22 heavy (non-hydrogen) atoms. The summed E-state index contributed by atoms with van der Waals surface area (Å²) in [7, 11) is 1.46. The average Bonchev–Trinajstić information content (AvgIpc) is 2.47. The number of carboxylic acid groups (broad SMARTS) is 1. The summed E-state index contributed by atoms with van der Waals surface area (Å²) in [5.41, 5.74) is -0.449. The number of ether oxygens (including phenoxy) is 1. The second-order valence-corrected chi connectivity index (χ2v) is 5.92. The van der Waals surface area contributed by atoms with Gasteiger partial charge in [-0.15, -0.1) is 0 Å². The third-order valence-corrected chi connectivity index (χ3v) is 4.15. The monoisotopic (exact) mass is 309 g/mol. The van der Waals surface area contributed by atoms with Crippen LogP contribution in [-0.4, -0.2) is 42.1 Å². The number of piperidine rings is 1. The molecule has 120 valence electrons. The highest BCUT2D eigenvalue weighted by Gasteiger charge is 2.39. The summed E-state index contributed by atoms with van der Waals surface area (Å²) in [5.74, 6) is -1.09. The van der Waals surface area contributed by atoms with Gasteiger partial charge in [-0.2, -0.15) is 0 Å². The van der Waals surface area contributed by atoms with E-state index in [0.29, 0.717) is 30.7 Å². The molecule has 1 aromatic carbocycles. The molecule has 0 aliphatic carbocycles. The van der Waals surface area contributed by atoms with E-state index < -0.39 is 17.2 Å². The Balaban J connectivity index is 2.12. The first-order chi connectivity index (χ1) is 10.4. The molecule has 1 aromatic rings. The lowest BCUT2D eigenvalue weighted by atomic mass is 9.82. The fourth-order valence-corrected chi connectivity index (χ4v) is 2.79. The molecule has 1 aliphatic rings. The molecule has 2 rings (SSSR count). The number of nitrogens with zero attached hydrogens (tertiary/aromatic N) is 1. The lowest BCUT2D eigenvalue weighted by molar-refractivity contribution is -0.153. The summed E-state index contributed by atoms with van der Waals surface area (Å²) in [6, 6.07) is 4.03. The first-order valence-corrected chi connectivity index (χ1v) is 7.19. The number of hydrogen-bond donors (Lipinski definition) is 1. The van der Waals surface area contributed by atoms with Crippen molar-refractivity contribution in [2.75, 3.05) is 20.2 Å². The van der Waals surface area contributed by atoms with Crippen LogP contribution in [0.3, 0.4) is 0 Å². The maximum atomic E-state index is 13.3. The fraction of sp³-hybridized carbons (Fsp3) is 0.500. The second-order valence-electron chi connectivity index (χ2n) is 5.92. The molecule has 1 N–H and O–H groups in total. The molecule has 1 saturated heterocycles. The van der Waals surface area contributed by atoms with E-state index >= 15 is 0 Å². The average molecular weight is 309 g/mol. The van der Waals surface area contributed by atoms with Crippen molar-refractivity contribution in [1.82, 2.24) is 4.90 Å². The largest absolute Gasteiger partial charge is 0.496 e. The minimum atomic E-state index is -0.917. The summed E-state index contributed by atoms with van der Waals surface area (Å²) in [5, 5.41) is 9.30. The summed E-state index contributed by atoms with van der Waals surface area (Å²) in [6.07, 6.45) is 1.20. The van der Waals surface area contributed by atoms with Crippen molar-refractivity contribution in [3.8, 4) is 5.75 Å². The number of carbonyl (C=O) groups excluding carboxylic acids is 1. The van der Waals surface area contributed by atoms with Crippen molar-refractivity contribution in [2.45, 2.75) is 26.2 Å². The Kier molecular flexibility index (Phi) is 4.68. The van der Waals surface area contributed by atoms with Crippen LogP contribution in [0.15, 0.2) is 18.2 Å². The van der Waals surface area contributed by atoms with E-state index in [4.69, 9.17) is 4.74 Å². The third kappa shape index (κ3) is 3.37. The smallest absolute Gasteiger partial charge is 0.311 e. The van der Waals surface area contributed by atoms with Crippen molar-refractivity contribution in [3.05, 3.63) is 29.6 Å². The summed E-state index contributed by atoms with van der Waals surface area (Å²) < 4.78 is 18.5. The number of carbonyl (C=O) groups is 2. The van der Waals surface area contributed by atoms with Crippen LogP contribution >= 0.6 is 0 Å². The van der Waals surface area contributed by atoms with Gasteiger partial charge >= 0.3 is 5.97 Å². The summed E-state index contributed by atoms with van der Waals surface area (Å²) >= 11 is 0. The van der Waals surface area contributed by atoms with Crippen molar-refractivity contribution < 1.29 is 23.8 Å². The molecule has 1 aliphatic heterocycles. The number of hydrogen-bond acceptors (Lipinski definition) is 3. The first-order valence-electron chi connectivity index (χ1n) is 7.19. The van der Waals surface area contributed by atoms with Gasteiger partial charge in [0.25, 0.3) is 0 Å². The normalized spacial score (nSPS) is 21.5. The maximum absolute atomic E-state index is 13.3. The highest BCUT2D eigenvalue weighted by molar-refractivity contribution is 5.81. The van der Waals surface area contributed by atoms with Crippen LogP contribution in [-0.2, 0) is 16.0 Å². The van der Waals surface area contributed by atoms with E-state index in [1.54, 1.807) is 11.8 Å². The summed E-state index contributed by atoms with van der Waals surface area (Å²) in [4.78, 5) is 25.3. The Morgan fingerprint density at radius 2 is 2.18 bits per heavy atom. The Hall–Kier alpha value is -2.11. The van der Waals surface area contributed by atoms with Crippen molar-refractivity contribution in [3.63, 3.8) is 0 Å². The van der Waals surface area contributed by atoms with E-state index in [1.807, 2.05) is 0 Å². The minimum Gasteiger partial charge on any atom is -0.496 e. The van der Waals surface area contributed by atoms with Crippen LogP contribution < -0.4 is 4.74 Å². The predicted octanol–water partition coefficient (Wildman–Crippen LogP) is 2.09. The zero-order chi connectivity index (χ0) is 16.3. The predicted molar refractivity (Wildman–Crippen MR) is 78.2 cm³/mol. The van der Waals surface area contributed by atoms with Crippen molar-refractivity contribution >= 4 is 11.9 Å². The van der Waals surface area contributed by atoms with Crippen molar-refractivity contribution in [2.24, 2.45) is 5.41 Å². The van der Waals surface area contributed by atoms with Crippen LogP contribution in [0, 0.1) is 11.2 Å². The zero-order valence-corrected chi connectivity index (χ0v) is 12.8. The molecule has 1 amide bonds. The first kappa shape index (κ1) is 16.3. The lowest BCUT2D eigenvalue weighted by Crippen LogP contribution is -2.48. The minimum absolute atomic E-state index is 0.00334. The standard InChI is InChI=1S/C16H20FNO4/c1-16(15(20)21)6-3-7-18(10-16)14(19)9-11-8-12(17)4-5-13(11)22-2/h4-5,8H,3,6-7,9-10H2,1-2H3,(H,20,21). The molecule has 0 saturated carbocycles. The molecule has 1 heterocycles. The van der Waals surface area contributed by atoms with Crippen LogP contribution in [0.5, 0.6) is 5.75 Å². The van der Waals surface area contributed by atoms with Gasteiger partial charge < -0.3 is 14.7 Å². The topological polar surface area (TPSA) is 66.8 Å². The molecule has 6 heteroatoms. The lowest BCUT2D eigenvalue weighted by Gasteiger charge is -2.37. The van der Waals surface area contributed by atoms with E-state index in [9.17, 15) is 19.1 Å². The van der Waals surface area contributed by atoms with Gasteiger partial charge in [-0.05, 0) is 38.0 Å². The van der Waals surface area contributed by atoms with Gasteiger partial charge in [0.05, 0.1) is 18.9 Å². The van der Waals surface area contributed by atoms with Crippen LogP contribution in [0.25, 0.3) is 0 Å². The number of amides is 1. The van der Waals surface area contributed by atoms with Gasteiger partial charge in [-0.25, -0.2) is 4.39 Å². The van der Waals surface area contributed by atoms with E-state index in [-0.39, 0.29) is 18.9 Å². The fourth-order valence-electron chi connectivity index (χ4n) is 2.79. The molecule has 0 spiro atoms. The molecule has 0 bridgehead atoms. The quantitative estimate of drug-likeness (QED) is 0.925. The van der Waals surface area contributed by atoms with Crippen molar-refractivity contribution in [1.29, 1.82) is 0 Å². The van der Waals surface area contributed by atoms with E-state index in [2.05, 4.69) is 0 Å². The van der Waals surface area contributed by atoms with Gasteiger partial charge in [0, 0.05) is 18.7 Å². The molecule has 0 aromatic heterocycles. The summed E-state index contributed by atoms with van der Waals surface area (Å²) in [6.45, 7) is 2.36. The Morgan fingerprint density at radius 1 is 1.45 bits per heavy atom.